The molecule has 1 atom stereocenters. The summed E-state index contributed by atoms with van der Waals surface area (Å²) < 4.78 is 0. The van der Waals surface area contributed by atoms with Crippen LogP contribution in [0.2, 0.25) is 0 Å². The average Bonchev–Trinajstić information content (AvgIpc) is 2.10. The Hall–Kier alpha value is 0.440. The molecule has 0 aliphatic carbocycles. The van der Waals surface area contributed by atoms with E-state index in [0.29, 0.717) is 5.25 Å². The zero-order valence-electron chi connectivity index (χ0n) is 9.26. The van der Waals surface area contributed by atoms with Crippen LogP contribution in [0, 0.1) is 0 Å². The summed E-state index contributed by atoms with van der Waals surface area (Å²) in [5.41, 5.74) is 2.99. The van der Waals surface area contributed by atoms with Crippen LogP contribution in [-0.4, -0.2) is 17.3 Å². The van der Waals surface area contributed by atoms with Crippen LogP contribution in [0.5, 0.6) is 0 Å². The van der Waals surface area contributed by atoms with Crippen molar-refractivity contribution in [3.8, 4) is 0 Å². The van der Waals surface area contributed by atoms with Gasteiger partial charge in [0.25, 0.3) is 0 Å². The number of allylic oxidation sites excluding steroid dienone is 2. The lowest BCUT2D eigenvalue weighted by molar-refractivity contribution is 0.736. The third-order valence-corrected chi connectivity index (χ3v) is 3.52. The van der Waals surface area contributed by atoms with Gasteiger partial charge < -0.3 is 0 Å². The van der Waals surface area contributed by atoms with Gasteiger partial charge in [0.2, 0.25) is 0 Å². The van der Waals surface area contributed by atoms with E-state index in [0.717, 1.165) is 0 Å². The molecule has 0 saturated carbocycles. The molecule has 0 spiro atoms. The van der Waals surface area contributed by atoms with Gasteiger partial charge in [-0.1, -0.05) is 11.1 Å². The first kappa shape index (κ1) is 13.4. The van der Waals surface area contributed by atoms with Crippen molar-refractivity contribution in [2.45, 2.75) is 45.3 Å². The molecule has 78 valence electrons. The first-order valence-electron chi connectivity index (χ1n) is 4.88. The molecule has 0 aromatic carbocycles. The highest BCUT2D eigenvalue weighted by Crippen LogP contribution is 2.17. The van der Waals surface area contributed by atoms with Crippen LogP contribution < -0.4 is 0 Å². The predicted octanol–water partition coefficient (Wildman–Crippen LogP) is 4.17. The molecule has 0 bridgehead atoms. The lowest BCUT2D eigenvalue weighted by Gasteiger charge is -2.10. The van der Waals surface area contributed by atoms with Crippen molar-refractivity contribution in [2.75, 3.05) is 12.0 Å². The average molecular weight is 218 g/mol. The summed E-state index contributed by atoms with van der Waals surface area (Å²) in [5.74, 6) is 1.24. The van der Waals surface area contributed by atoms with Crippen LogP contribution in [0.15, 0.2) is 11.1 Å². The molecule has 0 N–H and O–H groups in total. The largest absolute Gasteiger partial charge is 0.176 e. The molecule has 0 fully saturated rings. The topological polar surface area (TPSA) is 0 Å². The van der Waals surface area contributed by atoms with Crippen LogP contribution in [0.4, 0.5) is 0 Å². The Labute approximate surface area is 93.0 Å². The second kappa shape index (κ2) is 7.81. The second-order valence-electron chi connectivity index (χ2n) is 3.75. The number of hydrogen-bond donors (Lipinski definition) is 1. The summed E-state index contributed by atoms with van der Waals surface area (Å²) in [6, 6.07) is 0. The fourth-order valence-electron chi connectivity index (χ4n) is 1.03. The Morgan fingerprint density at radius 1 is 1.23 bits per heavy atom. The summed E-state index contributed by atoms with van der Waals surface area (Å²) in [6.45, 7) is 6.60. The predicted molar refractivity (Wildman–Crippen MR) is 69.1 cm³/mol. The van der Waals surface area contributed by atoms with Crippen molar-refractivity contribution in [2.24, 2.45) is 0 Å². The molecule has 0 aliphatic rings. The van der Waals surface area contributed by atoms with Crippen LogP contribution in [0.1, 0.15) is 40.0 Å². The fraction of sp³-hybridized carbons (Fsp3) is 0.818. The van der Waals surface area contributed by atoms with Gasteiger partial charge in [0.1, 0.15) is 0 Å². The van der Waals surface area contributed by atoms with Gasteiger partial charge >= 0.3 is 0 Å². The Balaban J connectivity index is 3.58. The van der Waals surface area contributed by atoms with Gasteiger partial charge in [-0.25, -0.2) is 0 Å². The summed E-state index contributed by atoms with van der Waals surface area (Å²) in [5, 5.41) is 0.585. The highest BCUT2D eigenvalue weighted by molar-refractivity contribution is 7.98. The second-order valence-corrected chi connectivity index (χ2v) is 5.47. The SMILES string of the molecule is CSCCC(S)CCC(C)=C(C)C. The van der Waals surface area contributed by atoms with Gasteiger partial charge in [-0.3, -0.25) is 0 Å². The van der Waals surface area contributed by atoms with Crippen LogP contribution >= 0.6 is 24.4 Å². The van der Waals surface area contributed by atoms with Crippen molar-refractivity contribution in [3.05, 3.63) is 11.1 Å². The minimum atomic E-state index is 0.585. The molecule has 1 unspecified atom stereocenters. The molecular weight excluding hydrogens is 196 g/mol. The van der Waals surface area contributed by atoms with Gasteiger partial charge in [0.15, 0.2) is 0 Å². The maximum absolute atomic E-state index is 4.57. The van der Waals surface area contributed by atoms with Crippen molar-refractivity contribution in [1.82, 2.24) is 0 Å². The summed E-state index contributed by atoms with van der Waals surface area (Å²) in [4.78, 5) is 0. The van der Waals surface area contributed by atoms with Gasteiger partial charge in [-0.15, -0.1) is 0 Å². The first-order chi connectivity index (χ1) is 6.07. The number of hydrogen-bond acceptors (Lipinski definition) is 2. The van der Waals surface area contributed by atoms with Gasteiger partial charge in [0.05, 0.1) is 0 Å². The molecule has 0 rings (SSSR count). The summed E-state index contributed by atoms with van der Waals surface area (Å²) in [6.07, 6.45) is 5.83. The van der Waals surface area contributed by atoms with E-state index in [-0.39, 0.29) is 0 Å². The van der Waals surface area contributed by atoms with Crippen LogP contribution in [-0.2, 0) is 0 Å². The molecule has 0 aromatic rings. The van der Waals surface area contributed by atoms with E-state index < -0.39 is 0 Å². The molecule has 0 amide bonds. The Morgan fingerprint density at radius 3 is 2.31 bits per heavy atom. The maximum Gasteiger partial charge on any atom is 0.00277 e. The van der Waals surface area contributed by atoms with E-state index in [4.69, 9.17) is 0 Å². The summed E-state index contributed by atoms with van der Waals surface area (Å²) in [7, 11) is 0. The Kier molecular flexibility index (Phi) is 8.07. The van der Waals surface area contributed by atoms with Gasteiger partial charge in [-0.2, -0.15) is 24.4 Å². The van der Waals surface area contributed by atoms with E-state index in [1.165, 1.54) is 36.2 Å². The summed E-state index contributed by atoms with van der Waals surface area (Å²) >= 11 is 6.48. The van der Waals surface area contributed by atoms with Crippen molar-refractivity contribution >= 4 is 24.4 Å². The molecule has 0 saturated heterocycles. The lowest BCUT2D eigenvalue weighted by Crippen LogP contribution is -2.00. The minimum absolute atomic E-state index is 0.585. The van der Waals surface area contributed by atoms with Crippen LogP contribution in [0.25, 0.3) is 0 Å². The fourth-order valence-corrected chi connectivity index (χ4v) is 1.98. The normalized spacial score (nSPS) is 12.7. The monoisotopic (exact) mass is 218 g/mol. The smallest absolute Gasteiger partial charge is 0.00277 e. The Morgan fingerprint density at radius 2 is 1.85 bits per heavy atom. The zero-order valence-corrected chi connectivity index (χ0v) is 11.0. The Bertz CT molecular complexity index is 157. The minimum Gasteiger partial charge on any atom is -0.176 e. The molecule has 0 heterocycles. The van der Waals surface area contributed by atoms with E-state index in [2.05, 4.69) is 39.7 Å². The van der Waals surface area contributed by atoms with E-state index in [1.54, 1.807) is 0 Å². The number of thioether (sulfide) groups is 1. The maximum atomic E-state index is 4.57. The molecule has 0 aromatic heterocycles. The standard InChI is InChI=1S/C11H22S2/c1-9(2)10(3)5-6-11(12)7-8-13-4/h11-12H,5-8H2,1-4H3. The number of rotatable bonds is 6. The number of thiol groups is 1. The van der Waals surface area contributed by atoms with Crippen molar-refractivity contribution in [3.63, 3.8) is 0 Å². The highest BCUT2D eigenvalue weighted by Gasteiger charge is 2.03. The quantitative estimate of drug-likeness (QED) is 0.515. The van der Waals surface area contributed by atoms with E-state index >= 15 is 0 Å². The van der Waals surface area contributed by atoms with Crippen LogP contribution in [0.3, 0.4) is 0 Å². The van der Waals surface area contributed by atoms with Gasteiger partial charge in [0, 0.05) is 5.25 Å². The van der Waals surface area contributed by atoms with E-state index in [9.17, 15) is 0 Å². The van der Waals surface area contributed by atoms with E-state index in [1.807, 2.05) is 11.8 Å². The highest BCUT2D eigenvalue weighted by atomic mass is 32.2. The molecular formula is C11H22S2. The van der Waals surface area contributed by atoms with Crippen molar-refractivity contribution < 1.29 is 0 Å². The molecule has 0 radical (unpaired) electrons. The third-order valence-electron chi connectivity index (χ3n) is 2.36. The van der Waals surface area contributed by atoms with Crippen molar-refractivity contribution in [1.29, 1.82) is 0 Å². The van der Waals surface area contributed by atoms with Gasteiger partial charge in [-0.05, 0) is 52.0 Å². The molecule has 13 heavy (non-hydrogen) atoms. The lowest BCUT2D eigenvalue weighted by atomic mass is 10.1. The zero-order chi connectivity index (χ0) is 10.3. The third kappa shape index (κ3) is 7.51. The first-order valence-corrected chi connectivity index (χ1v) is 6.79. The molecule has 0 nitrogen and oxygen atoms in total. The molecule has 0 aliphatic heterocycles. The molecule has 2 heteroatoms.